The van der Waals surface area contributed by atoms with Gasteiger partial charge in [0.1, 0.15) is 18.3 Å². The van der Waals surface area contributed by atoms with E-state index in [1.807, 2.05) is 0 Å². The Bertz CT molecular complexity index is 621. The highest BCUT2D eigenvalue weighted by Gasteiger charge is 2.45. The Labute approximate surface area is 168 Å². The third kappa shape index (κ3) is 5.40. The number of carbonyl (C=O) groups excluding carboxylic acids is 1. The lowest BCUT2D eigenvalue weighted by molar-refractivity contribution is -0.159. The summed E-state index contributed by atoms with van der Waals surface area (Å²) in [6, 6.07) is 9.48. The van der Waals surface area contributed by atoms with E-state index in [1.54, 1.807) is 38.1 Å². The lowest BCUT2D eigenvalue weighted by Crippen LogP contribution is -2.48. The van der Waals surface area contributed by atoms with E-state index >= 15 is 0 Å². The lowest BCUT2D eigenvalue weighted by Gasteiger charge is -2.35. The van der Waals surface area contributed by atoms with Gasteiger partial charge in [-0.25, -0.2) is 0 Å². The van der Waals surface area contributed by atoms with Crippen LogP contribution in [0.4, 0.5) is 0 Å². The molecule has 3 atom stereocenters. The molecule has 0 unspecified atom stereocenters. The summed E-state index contributed by atoms with van der Waals surface area (Å²) >= 11 is 5.96. The number of carbonyl (C=O) groups is 1. The lowest BCUT2D eigenvalue weighted by atomic mass is 9.99. The average molecular weight is 415 g/mol. The maximum absolute atomic E-state index is 13.2. The van der Waals surface area contributed by atoms with Crippen LogP contribution in [0.25, 0.3) is 0 Å². The SMILES string of the molecule is CC[Si](CC)(CC)O[C@@H](C(=O)[C@@H]1COC(C)(C)O1)[C@@H](O)c1ccc(Cl)cc1. The van der Waals surface area contributed by atoms with Crippen molar-refractivity contribution in [3.63, 3.8) is 0 Å². The molecule has 1 heterocycles. The van der Waals surface area contributed by atoms with Gasteiger partial charge in [0.2, 0.25) is 0 Å². The summed E-state index contributed by atoms with van der Waals surface area (Å²) in [5.74, 6) is -1.08. The Morgan fingerprint density at radius 1 is 1.26 bits per heavy atom. The Kier molecular flexibility index (Phi) is 7.64. The molecule has 1 aromatic carbocycles. The highest BCUT2D eigenvalue weighted by Crippen LogP contribution is 2.32. The number of aliphatic hydroxyl groups is 1. The highest BCUT2D eigenvalue weighted by molar-refractivity contribution is 6.73. The second-order valence-electron chi connectivity index (χ2n) is 7.50. The van der Waals surface area contributed by atoms with Crippen molar-refractivity contribution >= 4 is 25.7 Å². The predicted octanol–water partition coefficient (Wildman–Crippen LogP) is 4.48. The number of hydrogen-bond donors (Lipinski definition) is 1. The molecule has 1 N–H and O–H groups in total. The number of ether oxygens (including phenoxy) is 2. The van der Waals surface area contributed by atoms with Gasteiger partial charge >= 0.3 is 0 Å². The number of aliphatic hydroxyl groups excluding tert-OH is 1. The van der Waals surface area contributed by atoms with Gasteiger partial charge in [0.25, 0.3) is 0 Å². The van der Waals surface area contributed by atoms with Crippen molar-refractivity contribution in [1.82, 2.24) is 0 Å². The highest BCUT2D eigenvalue weighted by atomic mass is 35.5. The van der Waals surface area contributed by atoms with Gasteiger partial charge in [0.15, 0.2) is 19.9 Å². The van der Waals surface area contributed by atoms with E-state index in [4.69, 9.17) is 25.5 Å². The Morgan fingerprint density at radius 2 is 1.81 bits per heavy atom. The van der Waals surface area contributed by atoms with Gasteiger partial charge in [0.05, 0.1) is 6.61 Å². The van der Waals surface area contributed by atoms with Crippen LogP contribution in [-0.4, -0.2) is 43.8 Å². The van der Waals surface area contributed by atoms with Crippen LogP contribution in [0, 0.1) is 0 Å². The first kappa shape index (κ1) is 22.5. The van der Waals surface area contributed by atoms with E-state index in [9.17, 15) is 9.90 Å². The third-order valence-electron chi connectivity index (χ3n) is 5.41. The molecule has 0 amide bonds. The van der Waals surface area contributed by atoms with Gasteiger partial charge in [-0.15, -0.1) is 0 Å². The van der Waals surface area contributed by atoms with Gasteiger partial charge in [-0.2, -0.15) is 0 Å². The van der Waals surface area contributed by atoms with Crippen molar-refractivity contribution in [2.75, 3.05) is 6.61 Å². The standard InChI is InChI=1S/C20H31ClO5Si/c1-6-27(7-2,8-3)26-19(17(22)14-9-11-15(21)12-10-14)18(23)16-13-24-20(4,5)25-16/h9-12,16-17,19,22H,6-8,13H2,1-5H3/t16-,17-,19+/m0/s1. The molecule has 1 fully saturated rings. The first-order valence-corrected chi connectivity index (χ1v) is 12.5. The van der Waals surface area contributed by atoms with E-state index in [2.05, 4.69) is 20.8 Å². The minimum Gasteiger partial charge on any atom is -0.404 e. The van der Waals surface area contributed by atoms with Gasteiger partial charge < -0.3 is 19.0 Å². The molecule has 0 aromatic heterocycles. The summed E-state index contributed by atoms with van der Waals surface area (Å²) in [5, 5.41) is 11.6. The Balaban J connectivity index is 2.32. The predicted molar refractivity (Wildman–Crippen MR) is 108 cm³/mol. The molecule has 1 aliphatic rings. The van der Waals surface area contributed by atoms with Crippen LogP contribution >= 0.6 is 11.6 Å². The number of halogens is 1. The number of benzene rings is 1. The first-order valence-electron chi connectivity index (χ1n) is 9.63. The van der Waals surface area contributed by atoms with Crippen molar-refractivity contribution in [1.29, 1.82) is 0 Å². The van der Waals surface area contributed by atoms with E-state index in [0.717, 1.165) is 18.1 Å². The van der Waals surface area contributed by atoms with E-state index in [0.29, 0.717) is 10.6 Å². The second kappa shape index (κ2) is 9.16. The zero-order valence-electron chi connectivity index (χ0n) is 16.8. The molecule has 5 nitrogen and oxygen atoms in total. The van der Waals surface area contributed by atoms with Crippen molar-refractivity contribution < 1.29 is 23.8 Å². The van der Waals surface area contributed by atoms with Crippen LogP contribution in [0.15, 0.2) is 24.3 Å². The molecule has 0 aliphatic carbocycles. The minimum absolute atomic E-state index is 0.165. The molecule has 0 radical (unpaired) electrons. The fourth-order valence-corrected chi connectivity index (χ4v) is 6.30. The van der Waals surface area contributed by atoms with Gasteiger partial charge in [-0.3, -0.25) is 4.79 Å². The van der Waals surface area contributed by atoms with Crippen molar-refractivity contribution in [2.45, 2.75) is 76.8 Å². The summed E-state index contributed by atoms with van der Waals surface area (Å²) in [4.78, 5) is 13.2. The quantitative estimate of drug-likeness (QED) is 0.603. The summed E-state index contributed by atoms with van der Waals surface area (Å²) in [5.41, 5.74) is 0.599. The number of Topliss-reactive ketones (excluding diaryl/α,β-unsaturated/α-hetero) is 1. The van der Waals surface area contributed by atoms with Crippen LogP contribution in [-0.2, 0) is 18.7 Å². The fraction of sp³-hybridized carbons (Fsp3) is 0.650. The van der Waals surface area contributed by atoms with Crippen molar-refractivity contribution in [2.24, 2.45) is 0 Å². The summed E-state index contributed by atoms with van der Waals surface area (Å²) in [6.45, 7) is 9.98. The molecule has 1 aliphatic heterocycles. The van der Waals surface area contributed by atoms with Gasteiger partial charge in [-0.1, -0.05) is 44.5 Å². The molecule has 27 heavy (non-hydrogen) atoms. The molecule has 1 saturated heterocycles. The third-order valence-corrected chi connectivity index (χ3v) is 10.3. The van der Waals surface area contributed by atoms with E-state index < -0.39 is 32.4 Å². The van der Waals surface area contributed by atoms with E-state index in [-0.39, 0.29) is 12.4 Å². The number of ketones is 1. The molecule has 7 heteroatoms. The summed E-state index contributed by atoms with van der Waals surface area (Å²) < 4.78 is 17.7. The summed E-state index contributed by atoms with van der Waals surface area (Å²) in [7, 11) is -2.14. The second-order valence-corrected chi connectivity index (χ2v) is 12.7. The van der Waals surface area contributed by atoms with Crippen LogP contribution < -0.4 is 0 Å². The molecule has 152 valence electrons. The molecule has 0 spiro atoms. The Morgan fingerprint density at radius 3 is 2.26 bits per heavy atom. The van der Waals surface area contributed by atoms with Gasteiger partial charge in [0, 0.05) is 5.02 Å². The zero-order valence-corrected chi connectivity index (χ0v) is 18.6. The van der Waals surface area contributed by atoms with Crippen molar-refractivity contribution in [3.05, 3.63) is 34.9 Å². The largest absolute Gasteiger partial charge is 0.404 e. The summed E-state index contributed by atoms with van der Waals surface area (Å²) in [6.07, 6.45) is -2.82. The van der Waals surface area contributed by atoms with Crippen LogP contribution in [0.1, 0.15) is 46.3 Å². The molecule has 0 saturated carbocycles. The molecule has 1 aromatic rings. The Hall–Kier alpha value is -0.763. The smallest absolute Gasteiger partial charge is 0.194 e. The average Bonchev–Trinajstić information content (AvgIpc) is 3.03. The van der Waals surface area contributed by atoms with Crippen LogP contribution in [0.2, 0.25) is 23.2 Å². The minimum atomic E-state index is -2.14. The number of rotatable bonds is 9. The normalized spacial score (nSPS) is 21.8. The molecule has 0 bridgehead atoms. The van der Waals surface area contributed by atoms with Crippen molar-refractivity contribution in [3.8, 4) is 0 Å². The first-order chi connectivity index (χ1) is 12.7. The van der Waals surface area contributed by atoms with E-state index in [1.165, 1.54) is 0 Å². The van der Waals surface area contributed by atoms with Crippen LogP contribution in [0.5, 0.6) is 0 Å². The molecule has 2 rings (SSSR count). The topological polar surface area (TPSA) is 65.0 Å². The van der Waals surface area contributed by atoms with Gasteiger partial charge in [-0.05, 0) is 49.7 Å². The van der Waals surface area contributed by atoms with Crippen LogP contribution in [0.3, 0.4) is 0 Å². The maximum Gasteiger partial charge on any atom is 0.194 e. The molecular weight excluding hydrogens is 384 g/mol. The monoisotopic (exact) mass is 414 g/mol. The molecular formula is C20H31ClO5Si. The number of hydrogen-bond acceptors (Lipinski definition) is 5. The zero-order chi connectivity index (χ0) is 20.2. The maximum atomic E-state index is 13.2. The fourth-order valence-electron chi connectivity index (χ4n) is 3.39.